The van der Waals surface area contributed by atoms with E-state index in [2.05, 4.69) is 21.2 Å². The van der Waals surface area contributed by atoms with Crippen molar-refractivity contribution in [1.29, 1.82) is 0 Å². The number of aliphatic hydroxyl groups is 14. The smallest absolute Gasteiger partial charge is 0.232 e. The first-order valence-corrected chi connectivity index (χ1v) is 20.5. The third kappa shape index (κ3) is 10.6. The third-order valence-corrected chi connectivity index (χ3v) is 12.0. The van der Waals surface area contributed by atoms with Gasteiger partial charge in [0.15, 0.2) is 25.2 Å². The van der Waals surface area contributed by atoms with Gasteiger partial charge in [-0.2, -0.15) is 0 Å². The van der Waals surface area contributed by atoms with Gasteiger partial charge in [0.2, 0.25) is 5.91 Å². The van der Waals surface area contributed by atoms with Crippen LogP contribution in [0.15, 0.2) is 0 Å². The number of halogens is 1. The SMILES string of the molecule is C[C@H]1C(O)[C@H](O[C@@H]2OC(CO[C@H]3OC(CO)[C@@H](O)C(O)[C@H]3O)[C@@H](O)C(O[C@H]3O[C@H](CO)[C@@H](O)C(O)C3O)[C@H]2O)C(CO)O[C@H]1O[C@@H]1C(CO)O[C@@H](NC(=O)CBr)[C@@H](C)C1O. The molecule has 5 aliphatic rings. The lowest BCUT2D eigenvalue weighted by molar-refractivity contribution is -0.386. The van der Waals surface area contributed by atoms with Crippen molar-refractivity contribution in [2.24, 2.45) is 11.8 Å². The van der Waals surface area contributed by atoms with E-state index in [1.165, 1.54) is 6.92 Å². The highest BCUT2D eigenvalue weighted by molar-refractivity contribution is 9.09. The molecule has 0 aromatic heterocycles. The van der Waals surface area contributed by atoms with Gasteiger partial charge in [0, 0.05) is 11.8 Å². The van der Waals surface area contributed by atoms with Crippen LogP contribution >= 0.6 is 15.9 Å². The van der Waals surface area contributed by atoms with Crippen molar-refractivity contribution in [2.75, 3.05) is 38.4 Å². The predicted octanol–water partition coefficient (Wildman–Crippen LogP) is -8.86. The molecule has 5 saturated heterocycles. The molecule has 1 amide bonds. The van der Waals surface area contributed by atoms with E-state index in [9.17, 15) is 76.3 Å². The monoisotopic (exact) mass is 943 g/mol. The van der Waals surface area contributed by atoms with E-state index in [0.29, 0.717) is 0 Å². The molecular weight excluding hydrogens is 886 g/mol. The minimum absolute atomic E-state index is 0.0531. The molecule has 0 bridgehead atoms. The minimum Gasteiger partial charge on any atom is -0.394 e. The molecule has 0 radical (unpaired) electrons. The second-order valence-corrected chi connectivity index (χ2v) is 16.0. The zero-order chi connectivity index (χ0) is 44.3. The van der Waals surface area contributed by atoms with Gasteiger partial charge in [-0.1, -0.05) is 29.8 Å². The summed E-state index contributed by atoms with van der Waals surface area (Å²) in [6.07, 6.45) is -38.0. The van der Waals surface area contributed by atoms with Crippen LogP contribution in [0.2, 0.25) is 0 Å². The van der Waals surface area contributed by atoms with Crippen molar-refractivity contribution in [2.45, 2.75) is 155 Å². The molecule has 25 nitrogen and oxygen atoms in total. The van der Waals surface area contributed by atoms with Crippen molar-refractivity contribution >= 4 is 21.8 Å². The van der Waals surface area contributed by atoms with Crippen LogP contribution in [-0.4, -0.2) is 257 Å². The van der Waals surface area contributed by atoms with Gasteiger partial charge >= 0.3 is 0 Å². The summed E-state index contributed by atoms with van der Waals surface area (Å²) in [6.45, 7) is -0.893. The molecule has 60 heavy (non-hydrogen) atoms. The van der Waals surface area contributed by atoms with E-state index in [1.54, 1.807) is 6.92 Å². The number of aliphatic hydroxyl groups excluding tert-OH is 14. The Morgan fingerprint density at radius 1 is 0.483 bits per heavy atom. The number of alkyl halides is 1. The zero-order valence-electron chi connectivity index (χ0n) is 32.4. The van der Waals surface area contributed by atoms with Crippen molar-refractivity contribution in [1.82, 2.24) is 5.32 Å². The van der Waals surface area contributed by atoms with Gasteiger partial charge in [0.05, 0.1) is 50.6 Å². The number of hydrogen-bond acceptors (Lipinski definition) is 24. The summed E-state index contributed by atoms with van der Waals surface area (Å²) in [5.74, 6) is -2.26. The number of hydrogen-bond donors (Lipinski definition) is 15. The van der Waals surface area contributed by atoms with Crippen molar-refractivity contribution < 1.29 is 119 Å². The first kappa shape index (κ1) is 50.0. The van der Waals surface area contributed by atoms with Crippen LogP contribution in [-0.2, 0) is 47.4 Å². The molecule has 350 valence electrons. The van der Waals surface area contributed by atoms with Crippen molar-refractivity contribution in [3.8, 4) is 0 Å². The fourth-order valence-electron chi connectivity index (χ4n) is 7.64. The van der Waals surface area contributed by atoms with Crippen LogP contribution < -0.4 is 5.32 Å². The third-order valence-electron chi connectivity index (χ3n) is 11.4. The Labute approximate surface area is 350 Å². The molecule has 25 atom stereocenters. The van der Waals surface area contributed by atoms with Crippen LogP contribution in [0.1, 0.15) is 13.8 Å². The van der Waals surface area contributed by atoms with E-state index in [4.69, 9.17) is 42.6 Å². The number of ether oxygens (including phenoxy) is 9. The second kappa shape index (κ2) is 21.8. The average Bonchev–Trinajstić information content (AvgIpc) is 3.24. The average molecular weight is 945 g/mol. The Bertz CT molecular complexity index is 1340. The number of carbonyl (C=O) groups is 1. The van der Waals surface area contributed by atoms with E-state index < -0.39 is 192 Å². The van der Waals surface area contributed by atoms with Crippen LogP contribution in [0.4, 0.5) is 0 Å². The standard InChI is InChI=1S/C34H58BrNO24/c1-9-17(42)27(13(6-39)53-30(9)36-16(41)3-35)58-31-10(2)18(43)28(14(7-40)56-31)59-34-26(51)29(60-33-25(50)23(48)20(45)12(5-38)55-33)21(46)15(57-34)8-52-32-24(49)22(47)19(44)11(4-37)54-32/h9-15,17-34,37-40,42-51H,3-8H2,1-2H3,(H,36,41)/t9-,10-,11?,12+,13?,14?,15?,17?,18?,19+,20+,21+,22?,23?,24+,25?,26+,27+,28+,29?,30+,31-,32-,33+,34-/m0/s1. The topological polar surface area (TPSA) is 395 Å². The summed E-state index contributed by atoms with van der Waals surface area (Å²) in [5, 5.41) is 150. The Morgan fingerprint density at radius 3 is 1.47 bits per heavy atom. The number of carbonyl (C=O) groups excluding carboxylic acids is 1. The van der Waals surface area contributed by atoms with Crippen molar-refractivity contribution in [3.05, 3.63) is 0 Å². The molecule has 5 fully saturated rings. The van der Waals surface area contributed by atoms with Gasteiger partial charge in [-0.15, -0.1) is 0 Å². The summed E-state index contributed by atoms with van der Waals surface area (Å²) in [5.41, 5.74) is 0. The molecule has 5 aliphatic heterocycles. The van der Waals surface area contributed by atoms with E-state index in [0.717, 1.165) is 0 Å². The number of rotatable bonds is 15. The molecule has 15 N–H and O–H groups in total. The van der Waals surface area contributed by atoms with Gasteiger partial charge in [0.25, 0.3) is 0 Å². The summed E-state index contributed by atoms with van der Waals surface area (Å²) in [7, 11) is 0. The van der Waals surface area contributed by atoms with E-state index in [-0.39, 0.29) is 5.33 Å². The predicted molar refractivity (Wildman–Crippen MR) is 193 cm³/mol. The Hall–Kier alpha value is -0.970. The van der Waals surface area contributed by atoms with Gasteiger partial charge < -0.3 is 119 Å². The lowest BCUT2D eigenvalue weighted by Gasteiger charge is -2.50. The maximum absolute atomic E-state index is 12.0. The molecule has 0 spiro atoms. The summed E-state index contributed by atoms with van der Waals surface area (Å²) >= 11 is 3.03. The highest BCUT2D eigenvalue weighted by Gasteiger charge is 2.55. The molecule has 0 aromatic carbocycles. The van der Waals surface area contributed by atoms with Crippen LogP contribution in [0.25, 0.3) is 0 Å². The summed E-state index contributed by atoms with van der Waals surface area (Å²) < 4.78 is 51.7. The lowest BCUT2D eigenvalue weighted by Crippen LogP contribution is -2.67. The zero-order valence-corrected chi connectivity index (χ0v) is 34.0. The van der Waals surface area contributed by atoms with Crippen LogP contribution in [0, 0.1) is 11.8 Å². The fraction of sp³-hybridized carbons (Fsp3) is 0.971. The molecule has 5 heterocycles. The molecule has 10 unspecified atom stereocenters. The minimum atomic E-state index is -2.06. The lowest BCUT2D eigenvalue weighted by atomic mass is 9.89. The summed E-state index contributed by atoms with van der Waals surface area (Å²) in [4.78, 5) is 12.0. The Kier molecular flexibility index (Phi) is 18.2. The summed E-state index contributed by atoms with van der Waals surface area (Å²) in [6, 6.07) is 0. The van der Waals surface area contributed by atoms with Gasteiger partial charge in [-0.25, -0.2) is 0 Å². The highest BCUT2D eigenvalue weighted by Crippen LogP contribution is 2.37. The largest absolute Gasteiger partial charge is 0.394 e. The molecule has 5 rings (SSSR count). The normalized spacial score (nSPS) is 50.3. The Balaban J connectivity index is 1.34. The highest BCUT2D eigenvalue weighted by atomic mass is 79.9. The molecule has 0 aliphatic carbocycles. The Morgan fingerprint density at radius 2 is 0.917 bits per heavy atom. The first-order valence-electron chi connectivity index (χ1n) is 19.4. The number of amides is 1. The van der Waals surface area contributed by atoms with Gasteiger partial charge in [-0.05, 0) is 0 Å². The molecule has 0 aromatic rings. The second-order valence-electron chi connectivity index (χ2n) is 15.5. The molecular formula is C34H58BrNO24. The maximum Gasteiger partial charge on any atom is 0.232 e. The van der Waals surface area contributed by atoms with E-state index in [1.807, 2.05) is 0 Å². The van der Waals surface area contributed by atoms with Crippen molar-refractivity contribution in [3.63, 3.8) is 0 Å². The maximum atomic E-state index is 12.0. The molecule has 26 heteroatoms. The fourth-order valence-corrected chi connectivity index (χ4v) is 7.80. The quantitative estimate of drug-likeness (QED) is 0.0678. The van der Waals surface area contributed by atoms with E-state index >= 15 is 0 Å². The van der Waals surface area contributed by atoms with Crippen LogP contribution in [0.3, 0.4) is 0 Å². The van der Waals surface area contributed by atoms with Gasteiger partial charge in [-0.3, -0.25) is 4.79 Å². The van der Waals surface area contributed by atoms with Crippen LogP contribution in [0.5, 0.6) is 0 Å². The number of nitrogens with one attached hydrogen (secondary N) is 1. The first-order chi connectivity index (χ1) is 28.4. The molecule has 0 saturated carbocycles. The van der Waals surface area contributed by atoms with Gasteiger partial charge in [0.1, 0.15) is 104 Å².